The third-order valence-corrected chi connectivity index (χ3v) is 9.59. The lowest BCUT2D eigenvalue weighted by Gasteiger charge is -2.40. The van der Waals surface area contributed by atoms with Crippen molar-refractivity contribution in [2.75, 3.05) is 30.9 Å². The van der Waals surface area contributed by atoms with E-state index in [1.165, 1.54) is 5.56 Å². The van der Waals surface area contributed by atoms with Crippen LogP contribution >= 0.6 is 0 Å². The smallest absolute Gasteiger partial charge is 0.225 e. The SMILES string of the molecule is CN(C)c1nc(N[C@H]2CC[C@@H](NC[C@@H]3C[C@@H](c4ccccc4)CC[C@H]3C(O)c3ccccc3)CC2)nc2ccccc12. The molecule has 3 aromatic carbocycles. The summed E-state index contributed by atoms with van der Waals surface area (Å²) < 4.78 is 0. The first-order valence-electron chi connectivity index (χ1n) is 15.8. The molecular weight excluding hydrogens is 518 g/mol. The molecule has 1 heterocycles. The summed E-state index contributed by atoms with van der Waals surface area (Å²) in [5.74, 6) is 2.94. The van der Waals surface area contributed by atoms with Gasteiger partial charge in [0, 0.05) is 31.6 Å². The second-order valence-corrected chi connectivity index (χ2v) is 12.6. The van der Waals surface area contributed by atoms with Crippen molar-refractivity contribution in [3.05, 3.63) is 96.1 Å². The summed E-state index contributed by atoms with van der Waals surface area (Å²) in [5, 5.41) is 20.1. The van der Waals surface area contributed by atoms with Gasteiger partial charge in [0.05, 0.1) is 11.6 Å². The van der Waals surface area contributed by atoms with E-state index in [9.17, 15) is 5.11 Å². The maximum Gasteiger partial charge on any atom is 0.225 e. The number of anilines is 2. The Bertz CT molecular complexity index is 1420. The van der Waals surface area contributed by atoms with Gasteiger partial charge < -0.3 is 20.6 Å². The fourth-order valence-electron chi connectivity index (χ4n) is 7.27. The molecule has 0 aliphatic heterocycles. The second-order valence-electron chi connectivity index (χ2n) is 12.6. The summed E-state index contributed by atoms with van der Waals surface area (Å²) in [5.41, 5.74) is 3.46. The third kappa shape index (κ3) is 6.61. The zero-order valence-electron chi connectivity index (χ0n) is 25.0. The van der Waals surface area contributed by atoms with Crippen molar-refractivity contribution >= 4 is 22.7 Å². The molecule has 4 atom stereocenters. The number of hydrogen-bond acceptors (Lipinski definition) is 6. The van der Waals surface area contributed by atoms with Crippen molar-refractivity contribution in [3.63, 3.8) is 0 Å². The predicted octanol–water partition coefficient (Wildman–Crippen LogP) is 6.94. The molecule has 0 saturated heterocycles. The molecule has 6 heteroatoms. The van der Waals surface area contributed by atoms with E-state index in [0.717, 1.165) is 79.7 Å². The average molecular weight is 564 g/mol. The molecule has 6 nitrogen and oxygen atoms in total. The van der Waals surface area contributed by atoms with Crippen LogP contribution in [0.25, 0.3) is 10.9 Å². The minimum absolute atomic E-state index is 0.272. The number of hydrogen-bond donors (Lipinski definition) is 3. The van der Waals surface area contributed by atoms with Gasteiger partial charge in [-0.3, -0.25) is 0 Å². The Morgan fingerprint density at radius 3 is 2.19 bits per heavy atom. The molecule has 2 aliphatic carbocycles. The largest absolute Gasteiger partial charge is 0.388 e. The summed E-state index contributed by atoms with van der Waals surface area (Å²) in [6.07, 6.45) is 7.35. The molecule has 0 spiro atoms. The van der Waals surface area contributed by atoms with Crippen LogP contribution in [0.3, 0.4) is 0 Å². The zero-order chi connectivity index (χ0) is 28.9. The standard InChI is InChI=1S/C36H45N5O/c1-41(2)35-32-15-9-10-16-33(32)39-36(40-35)38-30-20-18-29(19-21-30)37-24-28-23-27(25-11-5-3-6-12-25)17-22-31(28)34(42)26-13-7-4-8-14-26/h3-16,27-31,34,37,42H,17-24H2,1-2H3,(H,38,39,40)/t27-,28-,29-,30+,31+,34?/m0/s1. The maximum atomic E-state index is 11.5. The molecular formula is C36H45N5O. The van der Waals surface area contributed by atoms with Crippen LogP contribution in [0.2, 0.25) is 0 Å². The van der Waals surface area contributed by atoms with E-state index in [2.05, 4.69) is 70.1 Å². The van der Waals surface area contributed by atoms with Crippen LogP contribution < -0.4 is 15.5 Å². The van der Waals surface area contributed by atoms with Crippen molar-refractivity contribution < 1.29 is 5.11 Å². The lowest BCUT2D eigenvalue weighted by molar-refractivity contribution is 0.0396. The average Bonchev–Trinajstić information content (AvgIpc) is 3.04. The van der Waals surface area contributed by atoms with Crippen LogP contribution in [0.5, 0.6) is 0 Å². The third-order valence-electron chi connectivity index (χ3n) is 9.59. The number of rotatable bonds is 9. The molecule has 42 heavy (non-hydrogen) atoms. The number of para-hydroxylation sites is 1. The molecule has 2 saturated carbocycles. The summed E-state index contributed by atoms with van der Waals surface area (Å²) in [4.78, 5) is 11.7. The van der Waals surface area contributed by atoms with E-state index in [1.54, 1.807) is 0 Å². The molecule has 1 unspecified atom stereocenters. The van der Waals surface area contributed by atoms with Gasteiger partial charge in [-0.2, -0.15) is 4.98 Å². The number of fused-ring (bicyclic) bond motifs is 1. The first-order chi connectivity index (χ1) is 20.5. The molecule has 0 bridgehead atoms. The lowest BCUT2D eigenvalue weighted by atomic mass is 9.68. The number of aliphatic hydroxyl groups excluding tert-OH is 1. The molecule has 2 aliphatic rings. The van der Waals surface area contributed by atoms with Gasteiger partial charge in [-0.15, -0.1) is 0 Å². The van der Waals surface area contributed by atoms with E-state index in [0.29, 0.717) is 23.9 Å². The molecule has 3 N–H and O–H groups in total. The second kappa shape index (κ2) is 13.2. The molecule has 0 radical (unpaired) electrons. The highest BCUT2D eigenvalue weighted by Crippen LogP contribution is 2.44. The predicted molar refractivity (Wildman–Crippen MR) is 173 cm³/mol. The van der Waals surface area contributed by atoms with Crippen LogP contribution in [0, 0.1) is 11.8 Å². The van der Waals surface area contributed by atoms with Crippen molar-refractivity contribution in [2.45, 2.75) is 69.1 Å². The summed E-state index contributed by atoms with van der Waals surface area (Å²) in [6, 6.07) is 30.3. The molecule has 4 aromatic rings. The minimum atomic E-state index is -0.413. The lowest BCUT2D eigenvalue weighted by Crippen LogP contribution is -2.42. The van der Waals surface area contributed by atoms with Crippen molar-refractivity contribution in [1.82, 2.24) is 15.3 Å². The summed E-state index contributed by atoms with van der Waals surface area (Å²) in [6.45, 7) is 0.959. The van der Waals surface area contributed by atoms with Crippen LogP contribution in [-0.2, 0) is 0 Å². The molecule has 220 valence electrons. The highest BCUT2D eigenvalue weighted by Gasteiger charge is 2.36. The minimum Gasteiger partial charge on any atom is -0.388 e. The van der Waals surface area contributed by atoms with E-state index in [1.807, 2.05) is 44.4 Å². The molecule has 6 rings (SSSR count). The Hall–Kier alpha value is -3.48. The quantitative estimate of drug-likeness (QED) is 0.205. The van der Waals surface area contributed by atoms with Gasteiger partial charge >= 0.3 is 0 Å². The highest BCUT2D eigenvalue weighted by molar-refractivity contribution is 5.90. The fourth-order valence-corrected chi connectivity index (χ4v) is 7.27. The van der Waals surface area contributed by atoms with Crippen LogP contribution in [0.15, 0.2) is 84.9 Å². The Balaban J connectivity index is 1.08. The number of aromatic nitrogens is 2. The van der Waals surface area contributed by atoms with Crippen LogP contribution in [-0.4, -0.2) is 47.8 Å². The Kier molecular flexibility index (Phi) is 9.01. The number of nitrogens with zero attached hydrogens (tertiary/aromatic N) is 3. The van der Waals surface area contributed by atoms with Gasteiger partial charge in [-0.25, -0.2) is 4.98 Å². The van der Waals surface area contributed by atoms with Crippen molar-refractivity contribution in [3.8, 4) is 0 Å². The van der Waals surface area contributed by atoms with Crippen LogP contribution in [0.1, 0.15) is 68.1 Å². The first kappa shape index (κ1) is 28.6. The number of benzene rings is 3. The number of nitrogens with one attached hydrogen (secondary N) is 2. The maximum absolute atomic E-state index is 11.5. The molecule has 0 amide bonds. The Morgan fingerprint density at radius 1 is 0.786 bits per heavy atom. The Morgan fingerprint density at radius 2 is 1.45 bits per heavy atom. The summed E-state index contributed by atoms with van der Waals surface area (Å²) in [7, 11) is 4.07. The van der Waals surface area contributed by atoms with Crippen LogP contribution in [0.4, 0.5) is 11.8 Å². The normalized spacial score (nSPS) is 25.2. The van der Waals surface area contributed by atoms with Crippen molar-refractivity contribution in [1.29, 1.82) is 0 Å². The molecule has 2 fully saturated rings. The van der Waals surface area contributed by atoms with Gasteiger partial charge in [0.2, 0.25) is 5.95 Å². The molecule has 1 aromatic heterocycles. The Labute approximate surface area is 250 Å². The van der Waals surface area contributed by atoms with Gasteiger partial charge in [0.15, 0.2) is 0 Å². The van der Waals surface area contributed by atoms with E-state index >= 15 is 0 Å². The van der Waals surface area contributed by atoms with Gasteiger partial charge in [0.1, 0.15) is 5.82 Å². The van der Waals surface area contributed by atoms with Gasteiger partial charge in [0.25, 0.3) is 0 Å². The van der Waals surface area contributed by atoms with E-state index < -0.39 is 6.10 Å². The highest BCUT2D eigenvalue weighted by atomic mass is 16.3. The van der Waals surface area contributed by atoms with Gasteiger partial charge in [-0.05, 0) is 92.5 Å². The number of aliphatic hydroxyl groups is 1. The first-order valence-corrected chi connectivity index (χ1v) is 15.8. The topological polar surface area (TPSA) is 73.3 Å². The fraction of sp³-hybridized carbons (Fsp3) is 0.444. The monoisotopic (exact) mass is 563 g/mol. The van der Waals surface area contributed by atoms with Gasteiger partial charge in [-0.1, -0.05) is 72.8 Å². The zero-order valence-corrected chi connectivity index (χ0v) is 25.0. The summed E-state index contributed by atoms with van der Waals surface area (Å²) >= 11 is 0. The van der Waals surface area contributed by atoms with E-state index in [4.69, 9.17) is 9.97 Å². The van der Waals surface area contributed by atoms with E-state index in [-0.39, 0.29) is 5.92 Å². The van der Waals surface area contributed by atoms with Crippen molar-refractivity contribution in [2.24, 2.45) is 11.8 Å².